The average molecular weight is 367 g/mol. The summed E-state index contributed by atoms with van der Waals surface area (Å²) < 4.78 is 5.03. The molecule has 6 atom stereocenters. The summed E-state index contributed by atoms with van der Waals surface area (Å²) in [5.41, 5.74) is -1.34. The van der Waals surface area contributed by atoms with E-state index in [1.54, 1.807) is 24.4 Å². The molecule has 0 radical (unpaired) electrons. The lowest BCUT2D eigenvalue weighted by molar-refractivity contribution is -0.254. The summed E-state index contributed by atoms with van der Waals surface area (Å²) in [4.78, 5) is 30.3. The van der Waals surface area contributed by atoms with Crippen LogP contribution in [0.25, 0.3) is 0 Å². The predicted octanol–water partition coefficient (Wildman–Crippen LogP) is -2.62. The van der Waals surface area contributed by atoms with Crippen molar-refractivity contribution < 1.29 is 34.8 Å². The number of ether oxygens (including phenoxy) is 1. The van der Waals surface area contributed by atoms with Gasteiger partial charge in [-0.15, -0.1) is 0 Å². The van der Waals surface area contributed by atoms with Crippen molar-refractivity contribution in [3.05, 3.63) is 24.4 Å². The topological polar surface area (TPSA) is 152 Å². The van der Waals surface area contributed by atoms with Crippen molar-refractivity contribution in [2.75, 3.05) is 6.61 Å². The first-order valence-corrected chi connectivity index (χ1v) is 8.15. The SMILES string of the molecule is CC1(C(=O)NC2C(O)O[C@H](CO)C(O)[C@@H]2O)CC(=O)N=C2C=CC=CN21. The van der Waals surface area contributed by atoms with Gasteiger partial charge in [0.2, 0.25) is 5.91 Å². The normalized spacial score (nSPS) is 39.4. The lowest BCUT2D eigenvalue weighted by Crippen LogP contribution is -2.68. The van der Waals surface area contributed by atoms with Crippen molar-refractivity contribution >= 4 is 17.6 Å². The Labute approximate surface area is 149 Å². The molecule has 10 nitrogen and oxygen atoms in total. The molecule has 3 rings (SSSR count). The highest BCUT2D eigenvalue weighted by Crippen LogP contribution is 2.29. The number of amides is 2. The molecule has 3 aliphatic rings. The Hall–Kier alpha value is -2.11. The van der Waals surface area contributed by atoms with Crippen LogP contribution in [0, 0.1) is 0 Å². The van der Waals surface area contributed by atoms with Crippen LogP contribution in [0.15, 0.2) is 29.4 Å². The molecule has 5 N–H and O–H groups in total. The van der Waals surface area contributed by atoms with Crippen molar-refractivity contribution in [2.45, 2.75) is 49.5 Å². The molecule has 4 unspecified atom stereocenters. The van der Waals surface area contributed by atoms with E-state index in [9.17, 15) is 24.9 Å². The molecule has 142 valence electrons. The van der Waals surface area contributed by atoms with Gasteiger partial charge in [-0.25, -0.2) is 0 Å². The number of hydrogen-bond acceptors (Lipinski definition) is 8. The Morgan fingerprint density at radius 3 is 2.81 bits per heavy atom. The largest absolute Gasteiger partial charge is 0.394 e. The van der Waals surface area contributed by atoms with Crippen LogP contribution in [0.5, 0.6) is 0 Å². The second-order valence-corrected chi connectivity index (χ2v) is 6.61. The summed E-state index contributed by atoms with van der Waals surface area (Å²) in [6.07, 6.45) is 0.483. The number of aliphatic hydroxyl groups is 4. The van der Waals surface area contributed by atoms with Crippen molar-refractivity contribution in [1.29, 1.82) is 0 Å². The Morgan fingerprint density at radius 2 is 2.12 bits per heavy atom. The monoisotopic (exact) mass is 367 g/mol. The van der Waals surface area contributed by atoms with E-state index < -0.39 is 54.6 Å². The number of hydrogen-bond donors (Lipinski definition) is 5. The van der Waals surface area contributed by atoms with E-state index in [-0.39, 0.29) is 6.42 Å². The number of nitrogens with zero attached hydrogens (tertiary/aromatic N) is 2. The minimum atomic E-state index is -1.64. The van der Waals surface area contributed by atoms with Crippen molar-refractivity contribution in [3.63, 3.8) is 0 Å². The first-order chi connectivity index (χ1) is 12.3. The Kier molecular flexibility index (Phi) is 4.95. The fraction of sp³-hybridized carbons (Fsp3) is 0.562. The molecular weight excluding hydrogens is 346 g/mol. The second-order valence-electron chi connectivity index (χ2n) is 6.61. The zero-order chi connectivity index (χ0) is 19.1. The van der Waals surface area contributed by atoms with Crippen molar-refractivity contribution in [3.8, 4) is 0 Å². The third kappa shape index (κ3) is 3.06. The van der Waals surface area contributed by atoms with E-state index in [0.29, 0.717) is 5.84 Å². The molecule has 0 spiro atoms. The summed E-state index contributed by atoms with van der Waals surface area (Å²) in [6.45, 7) is 0.931. The van der Waals surface area contributed by atoms with E-state index in [1.165, 1.54) is 11.8 Å². The molecule has 0 aromatic heterocycles. The summed E-state index contributed by atoms with van der Waals surface area (Å²) in [5.74, 6) is -0.822. The van der Waals surface area contributed by atoms with Crippen LogP contribution in [0.4, 0.5) is 0 Å². The third-order valence-corrected chi connectivity index (χ3v) is 4.79. The summed E-state index contributed by atoms with van der Waals surface area (Å²) in [5, 5.41) is 41.7. The number of nitrogens with one attached hydrogen (secondary N) is 1. The van der Waals surface area contributed by atoms with Crippen LogP contribution in [0.1, 0.15) is 13.3 Å². The number of rotatable bonds is 3. The Bertz CT molecular complexity index is 691. The quantitative estimate of drug-likeness (QED) is 0.363. The van der Waals surface area contributed by atoms with Gasteiger partial charge in [-0.05, 0) is 19.1 Å². The van der Waals surface area contributed by atoms with Gasteiger partial charge < -0.3 is 35.4 Å². The van der Waals surface area contributed by atoms with Gasteiger partial charge >= 0.3 is 0 Å². The standard InChI is InChI=1S/C16H21N3O7/c1-16(6-10(21)17-9-4-2-3-5-19(9)16)15(25)18-11-13(23)12(22)8(7-20)26-14(11)24/h2-5,8,11-14,20,22-24H,6-7H2,1H3,(H,18,25)/t8-,11?,12?,13-,14?,16?/m1/s1. The van der Waals surface area contributed by atoms with Gasteiger partial charge in [0.15, 0.2) is 6.29 Å². The van der Waals surface area contributed by atoms with Crippen LogP contribution in [-0.2, 0) is 14.3 Å². The molecule has 0 bridgehead atoms. The molecule has 0 aliphatic carbocycles. The fourth-order valence-corrected chi connectivity index (χ4v) is 3.24. The van der Waals surface area contributed by atoms with Crippen LogP contribution in [-0.4, -0.2) is 85.8 Å². The molecule has 10 heteroatoms. The number of carbonyl (C=O) groups excluding carboxylic acids is 2. The van der Waals surface area contributed by atoms with E-state index >= 15 is 0 Å². The molecule has 26 heavy (non-hydrogen) atoms. The molecule has 0 aromatic rings. The molecule has 1 fully saturated rings. The highest BCUT2D eigenvalue weighted by atomic mass is 16.6. The van der Waals surface area contributed by atoms with Crippen LogP contribution in [0.3, 0.4) is 0 Å². The van der Waals surface area contributed by atoms with Crippen LogP contribution >= 0.6 is 0 Å². The fourth-order valence-electron chi connectivity index (χ4n) is 3.24. The zero-order valence-electron chi connectivity index (χ0n) is 14.0. The van der Waals surface area contributed by atoms with E-state index in [1.807, 2.05) is 0 Å². The smallest absolute Gasteiger partial charge is 0.250 e. The third-order valence-electron chi connectivity index (χ3n) is 4.79. The van der Waals surface area contributed by atoms with Crippen LogP contribution in [0.2, 0.25) is 0 Å². The summed E-state index contributed by atoms with van der Waals surface area (Å²) in [6, 6.07) is -1.33. The van der Waals surface area contributed by atoms with Crippen molar-refractivity contribution in [1.82, 2.24) is 10.2 Å². The number of carbonyl (C=O) groups is 2. The molecule has 2 amide bonds. The van der Waals surface area contributed by atoms with Crippen LogP contribution < -0.4 is 5.32 Å². The minimum absolute atomic E-state index is 0.206. The number of aliphatic hydroxyl groups excluding tert-OH is 4. The van der Waals surface area contributed by atoms with E-state index in [4.69, 9.17) is 9.84 Å². The maximum Gasteiger partial charge on any atom is 0.250 e. The number of aliphatic imine (C=N–C) groups is 1. The first kappa shape index (κ1) is 18.7. The van der Waals surface area contributed by atoms with E-state index in [0.717, 1.165) is 0 Å². The molecule has 0 aromatic carbocycles. The maximum atomic E-state index is 12.9. The van der Waals surface area contributed by atoms with Gasteiger partial charge in [0.25, 0.3) is 5.91 Å². The number of fused-ring (bicyclic) bond motifs is 1. The Morgan fingerprint density at radius 1 is 1.38 bits per heavy atom. The molecule has 3 heterocycles. The predicted molar refractivity (Wildman–Crippen MR) is 87.5 cm³/mol. The maximum absolute atomic E-state index is 12.9. The van der Waals surface area contributed by atoms with Gasteiger partial charge in [-0.3, -0.25) is 9.59 Å². The lowest BCUT2D eigenvalue weighted by Gasteiger charge is -2.45. The van der Waals surface area contributed by atoms with Gasteiger partial charge in [0.05, 0.1) is 13.0 Å². The molecule has 0 saturated carbocycles. The van der Waals surface area contributed by atoms with E-state index in [2.05, 4.69) is 10.3 Å². The van der Waals surface area contributed by atoms with Gasteiger partial charge in [-0.2, -0.15) is 4.99 Å². The summed E-state index contributed by atoms with van der Waals surface area (Å²) >= 11 is 0. The van der Waals surface area contributed by atoms with Gasteiger partial charge in [-0.1, -0.05) is 6.08 Å². The minimum Gasteiger partial charge on any atom is -0.394 e. The van der Waals surface area contributed by atoms with Gasteiger partial charge in [0, 0.05) is 6.20 Å². The highest BCUT2D eigenvalue weighted by Gasteiger charge is 2.49. The first-order valence-electron chi connectivity index (χ1n) is 8.15. The molecule has 1 saturated heterocycles. The average Bonchev–Trinajstić information content (AvgIpc) is 2.61. The second kappa shape index (κ2) is 6.89. The number of amidine groups is 1. The molecule has 3 aliphatic heterocycles. The summed E-state index contributed by atoms with van der Waals surface area (Å²) in [7, 11) is 0. The zero-order valence-corrected chi connectivity index (χ0v) is 14.0. The lowest BCUT2D eigenvalue weighted by atomic mass is 9.89. The Balaban J connectivity index is 1.81. The number of allylic oxidation sites excluding steroid dienone is 2. The molecular formula is C16H21N3O7. The van der Waals surface area contributed by atoms with Gasteiger partial charge in [0.1, 0.15) is 35.7 Å². The highest BCUT2D eigenvalue weighted by molar-refractivity contribution is 6.09. The van der Waals surface area contributed by atoms with Crippen molar-refractivity contribution in [2.24, 2.45) is 4.99 Å².